The molecule has 0 bridgehead atoms. The molecule has 0 aliphatic carbocycles. The number of carbonyl (C=O) groups excluding carboxylic acids is 2. The van der Waals surface area contributed by atoms with Crippen molar-refractivity contribution in [1.82, 2.24) is 9.88 Å². The molecule has 0 unspecified atom stereocenters. The lowest BCUT2D eigenvalue weighted by Gasteiger charge is -2.15. The van der Waals surface area contributed by atoms with Crippen molar-refractivity contribution in [2.24, 2.45) is 0 Å². The summed E-state index contributed by atoms with van der Waals surface area (Å²) in [7, 11) is 0. The molecule has 4 rings (SSSR count). The Labute approximate surface area is 178 Å². The third kappa shape index (κ3) is 3.94. The zero-order valence-corrected chi connectivity index (χ0v) is 16.9. The van der Waals surface area contributed by atoms with Crippen LogP contribution in [-0.2, 0) is 16.1 Å². The molecule has 0 fully saturated rings. The van der Waals surface area contributed by atoms with Gasteiger partial charge in [0.05, 0.1) is 12.1 Å². The Morgan fingerprint density at radius 3 is 2.29 bits per heavy atom. The van der Waals surface area contributed by atoms with Crippen LogP contribution in [0.25, 0.3) is 5.57 Å². The van der Waals surface area contributed by atoms with Crippen molar-refractivity contribution in [2.45, 2.75) is 20.4 Å². The smallest absolute Gasteiger partial charge is 0.278 e. The first-order chi connectivity index (χ1) is 14.8. The van der Waals surface area contributed by atoms with Crippen molar-refractivity contribution >= 4 is 23.1 Å². The second-order valence-corrected chi connectivity index (χ2v) is 7.35. The van der Waals surface area contributed by atoms with Crippen LogP contribution in [-0.4, -0.2) is 21.7 Å². The van der Waals surface area contributed by atoms with Crippen LogP contribution in [0.4, 0.5) is 14.5 Å². The topological polar surface area (TPSA) is 62.3 Å². The van der Waals surface area contributed by atoms with Crippen LogP contribution >= 0.6 is 0 Å². The van der Waals surface area contributed by atoms with Gasteiger partial charge in [-0.2, -0.15) is 0 Å². The van der Waals surface area contributed by atoms with Crippen LogP contribution < -0.4 is 5.32 Å². The van der Waals surface area contributed by atoms with E-state index in [1.165, 1.54) is 6.07 Å². The summed E-state index contributed by atoms with van der Waals surface area (Å²) in [6, 6.07) is 12.1. The standard InChI is InChI=1S/C24H19F2N3O2/c1-14-3-4-17(11-15(14)2)21-22(28-18-5-6-19(25)20(26)12-18)24(31)29(23(21)30)13-16-7-9-27-10-8-16/h3-12,28H,13H2,1-2H3. The van der Waals surface area contributed by atoms with Gasteiger partial charge in [0, 0.05) is 24.1 Å². The molecular formula is C24H19F2N3O2. The van der Waals surface area contributed by atoms with Gasteiger partial charge in [0.25, 0.3) is 11.8 Å². The Kier molecular flexibility index (Phi) is 5.33. The quantitative estimate of drug-likeness (QED) is 0.624. The Hall–Kier alpha value is -3.87. The number of pyridine rings is 1. The Morgan fingerprint density at radius 2 is 1.61 bits per heavy atom. The first-order valence-electron chi connectivity index (χ1n) is 9.64. The minimum absolute atomic E-state index is 0.0216. The summed E-state index contributed by atoms with van der Waals surface area (Å²) in [5.41, 5.74) is 3.70. The third-order valence-electron chi connectivity index (χ3n) is 5.24. The average molecular weight is 419 g/mol. The van der Waals surface area contributed by atoms with Crippen molar-refractivity contribution in [2.75, 3.05) is 5.32 Å². The molecule has 0 radical (unpaired) electrons. The molecule has 0 atom stereocenters. The van der Waals surface area contributed by atoms with E-state index in [1.807, 2.05) is 26.0 Å². The fourth-order valence-corrected chi connectivity index (χ4v) is 3.39. The van der Waals surface area contributed by atoms with Crippen LogP contribution in [0.5, 0.6) is 0 Å². The van der Waals surface area contributed by atoms with Crippen LogP contribution in [0.3, 0.4) is 0 Å². The summed E-state index contributed by atoms with van der Waals surface area (Å²) in [5.74, 6) is -3.05. The van der Waals surface area contributed by atoms with Gasteiger partial charge in [0.1, 0.15) is 5.70 Å². The predicted octanol–water partition coefficient (Wildman–Crippen LogP) is 4.37. The highest BCUT2D eigenvalue weighted by atomic mass is 19.2. The fourth-order valence-electron chi connectivity index (χ4n) is 3.39. The molecule has 0 saturated carbocycles. The predicted molar refractivity (Wildman–Crippen MR) is 113 cm³/mol. The number of nitrogens with one attached hydrogen (secondary N) is 1. The van der Waals surface area contributed by atoms with E-state index in [0.717, 1.165) is 33.7 Å². The molecule has 2 amide bonds. The largest absolute Gasteiger partial charge is 0.350 e. The summed E-state index contributed by atoms with van der Waals surface area (Å²) < 4.78 is 27.0. The number of anilines is 1. The number of benzene rings is 2. The maximum atomic E-state index is 13.7. The minimum atomic E-state index is -1.05. The van der Waals surface area contributed by atoms with E-state index in [2.05, 4.69) is 10.3 Å². The second-order valence-electron chi connectivity index (χ2n) is 7.35. The summed E-state index contributed by atoms with van der Waals surface area (Å²) in [5, 5.41) is 2.84. The van der Waals surface area contributed by atoms with Gasteiger partial charge in [-0.3, -0.25) is 19.5 Å². The van der Waals surface area contributed by atoms with Gasteiger partial charge in [0.15, 0.2) is 11.6 Å². The molecule has 1 aliphatic rings. The highest BCUT2D eigenvalue weighted by Gasteiger charge is 2.39. The molecule has 1 N–H and O–H groups in total. The molecule has 0 saturated heterocycles. The summed E-state index contributed by atoms with van der Waals surface area (Å²) in [4.78, 5) is 31.6. The van der Waals surface area contributed by atoms with E-state index in [0.29, 0.717) is 5.56 Å². The van der Waals surface area contributed by atoms with E-state index in [9.17, 15) is 18.4 Å². The van der Waals surface area contributed by atoms with Crippen molar-refractivity contribution in [1.29, 1.82) is 0 Å². The molecule has 31 heavy (non-hydrogen) atoms. The van der Waals surface area contributed by atoms with Gasteiger partial charge >= 0.3 is 0 Å². The zero-order chi connectivity index (χ0) is 22.1. The Bertz CT molecular complexity index is 1220. The summed E-state index contributed by atoms with van der Waals surface area (Å²) in [6.45, 7) is 3.93. The number of imide groups is 1. The van der Waals surface area contributed by atoms with Crippen LogP contribution in [0.1, 0.15) is 22.3 Å². The van der Waals surface area contributed by atoms with Gasteiger partial charge in [-0.1, -0.05) is 18.2 Å². The normalized spacial score (nSPS) is 13.9. The van der Waals surface area contributed by atoms with E-state index >= 15 is 0 Å². The maximum absolute atomic E-state index is 13.7. The monoisotopic (exact) mass is 419 g/mol. The first kappa shape index (κ1) is 20.4. The SMILES string of the molecule is Cc1ccc(C2=C(Nc3ccc(F)c(F)c3)C(=O)N(Cc3ccncc3)C2=O)cc1C. The lowest BCUT2D eigenvalue weighted by molar-refractivity contribution is -0.137. The lowest BCUT2D eigenvalue weighted by Crippen LogP contribution is -2.32. The number of halogens is 2. The second kappa shape index (κ2) is 8.10. The van der Waals surface area contributed by atoms with Crippen molar-refractivity contribution in [3.05, 3.63) is 101 Å². The van der Waals surface area contributed by atoms with Gasteiger partial charge in [0.2, 0.25) is 0 Å². The van der Waals surface area contributed by atoms with Crippen LogP contribution in [0.2, 0.25) is 0 Å². The van der Waals surface area contributed by atoms with E-state index in [4.69, 9.17) is 0 Å². The number of rotatable bonds is 5. The van der Waals surface area contributed by atoms with Crippen molar-refractivity contribution in [3.8, 4) is 0 Å². The molecule has 2 aromatic carbocycles. The van der Waals surface area contributed by atoms with Crippen molar-refractivity contribution in [3.63, 3.8) is 0 Å². The van der Waals surface area contributed by atoms with E-state index in [1.54, 1.807) is 30.6 Å². The lowest BCUT2D eigenvalue weighted by atomic mass is 9.99. The Morgan fingerprint density at radius 1 is 0.871 bits per heavy atom. The Balaban J connectivity index is 1.78. The number of carbonyl (C=O) groups is 2. The molecule has 0 spiro atoms. The zero-order valence-electron chi connectivity index (χ0n) is 16.9. The average Bonchev–Trinajstić information content (AvgIpc) is 2.98. The number of hydrogen-bond acceptors (Lipinski definition) is 4. The molecule has 5 nitrogen and oxygen atoms in total. The molecule has 2 heterocycles. The van der Waals surface area contributed by atoms with Gasteiger partial charge in [-0.05, 0) is 60.4 Å². The maximum Gasteiger partial charge on any atom is 0.278 e. The number of amides is 2. The molecule has 7 heteroatoms. The third-order valence-corrected chi connectivity index (χ3v) is 5.24. The molecular weight excluding hydrogens is 400 g/mol. The van der Waals surface area contributed by atoms with Gasteiger partial charge < -0.3 is 5.32 Å². The molecule has 1 aliphatic heterocycles. The number of aryl methyl sites for hydroxylation is 2. The molecule has 3 aromatic rings. The molecule has 156 valence electrons. The highest BCUT2D eigenvalue weighted by Crippen LogP contribution is 2.32. The molecule has 1 aromatic heterocycles. The number of aromatic nitrogens is 1. The first-order valence-corrected chi connectivity index (χ1v) is 9.64. The number of hydrogen-bond donors (Lipinski definition) is 1. The number of nitrogens with zero attached hydrogens (tertiary/aromatic N) is 2. The van der Waals surface area contributed by atoms with Crippen molar-refractivity contribution < 1.29 is 18.4 Å². The van der Waals surface area contributed by atoms with E-state index < -0.39 is 23.4 Å². The highest BCUT2D eigenvalue weighted by molar-refractivity contribution is 6.36. The van der Waals surface area contributed by atoms with Crippen LogP contribution in [0.15, 0.2) is 66.6 Å². The fraction of sp³-hybridized carbons (Fsp3) is 0.125. The van der Waals surface area contributed by atoms with Gasteiger partial charge in [-0.15, -0.1) is 0 Å². The minimum Gasteiger partial charge on any atom is -0.350 e. The van der Waals surface area contributed by atoms with Crippen LogP contribution in [0, 0.1) is 25.5 Å². The van der Waals surface area contributed by atoms with Gasteiger partial charge in [-0.25, -0.2) is 8.78 Å². The summed E-state index contributed by atoms with van der Waals surface area (Å²) in [6.07, 6.45) is 3.16. The van der Waals surface area contributed by atoms with E-state index in [-0.39, 0.29) is 23.5 Å². The summed E-state index contributed by atoms with van der Waals surface area (Å²) >= 11 is 0.